The quantitative estimate of drug-likeness (QED) is 0.254. The molecule has 0 spiro atoms. The summed E-state index contributed by atoms with van der Waals surface area (Å²) in [4.78, 5) is 4.53. The molecule has 3 heterocycles. The van der Waals surface area contributed by atoms with Crippen LogP contribution >= 0.6 is 34.0 Å². The number of rotatable bonds is 1. The zero-order chi connectivity index (χ0) is 18.2. The maximum absolute atomic E-state index is 2.42. The molecule has 0 N–H and O–H groups in total. The first kappa shape index (κ1) is 15.5. The summed E-state index contributed by atoms with van der Waals surface area (Å²) in [5.41, 5.74) is 2.96. The van der Waals surface area contributed by atoms with Gasteiger partial charge in [-0.15, -0.1) is 34.0 Å². The molecule has 0 saturated carbocycles. The third-order valence-electron chi connectivity index (χ3n) is 5.75. The highest BCUT2D eigenvalue weighted by Gasteiger charge is 2.37. The predicted octanol–water partition coefficient (Wildman–Crippen LogP) is 8.49. The summed E-state index contributed by atoms with van der Waals surface area (Å²) >= 11 is 5.92. The van der Waals surface area contributed by atoms with Gasteiger partial charge in [-0.1, -0.05) is 54.6 Å². The van der Waals surface area contributed by atoms with Crippen LogP contribution in [-0.2, 0) is 0 Å². The molecule has 1 aliphatic carbocycles. The molecule has 0 radical (unpaired) electrons. The Morgan fingerprint density at radius 1 is 0.536 bits per heavy atom. The molecule has 0 unspecified atom stereocenters. The van der Waals surface area contributed by atoms with Crippen LogP contribution in [0.25, 0.3) is 41.4 Å². The molecule has 0 saturated heterocycles. The van der Waals surface area contributed by atoms with E-state index in [0.717, 1.165) is 0 Å². The first-order valence-corrected chi connectivity index (χ1v) is 11.8. The molecular weight excluding hydrogens is 396 g/mol. The summed E-state index contributed by atoms with van der Waals surface area (Å²) < 4.78 is 4.19. The van der Waals surface area contributed by atoms with Gasteiger partial charge in [0.15, 0.2) is 0 Å². The molecule has 3 aromatic heterocycles. The fourth-order valence-corrected chi connectivity index (χ4v) is 8.66. The SMILES string of the molecule is c1ccc2sc(C3c4sc5ccccc5c4-c4c3sc3ccccc43)cc2c1. The number of benzene rings is 3. The van der Waals surface area contributed by atoms with Gasteiger partial charge in [0, 0.05) is 50.6 Å². The van der Waals surface area contributed by atoms with Crippen molar-refractivity contribution in [2.45, 2.75) is 5.92 Å². The fourth-order valence-electron chi connectivity index (χ4n) is 4.57. The maximum Gasteiger partial charge on any atom is 0.0635 e. The minimum absolute atomic E-state index is 0.372. The molecule has 0 fully saturated rings. The van der Waals surface area contributed by atoms with Crippen molar-refractivity contribution >= 4 is 64.3 Å². The standard InChI is InChI=1S/C25H14S3/c1-4-10-17-14(7-1)13-20(26-17)23-24-21(15-8-2-5-11-18(15)27-24)22-16-9-3-6-12-19(16)28-25(22)23/h1-13,23H. The lowest BCUT2D eigenvalue weighted by molar-refractivity contribution is 1.11. The van der Waals surface area contributed by atoms with Gasteiger partial charge in [0.1, 0.15) is 0 Å². The average Bonchev–Trinajstić information content (AvgIpc) is 3.45. The number of fused-ring (bicyclic) bond motifs is 8. The van der Waals surface area contributed by atoms with Crippen LogP contribution in [0.4, 0.5) is 0 Å². The van der Waals surface area contributed by atoms with Gasteiger partial charge in [0.25, 0.3) is 0 Å². The number of hydrogen-bond acceptors (Lipinski definition) is 3. The van der Waals surface area contributed by atoms with E-state index in [-0.39, 0.29) is 0 Å². The van der Waals surface area contributed by atoms with E-state index in [4.69, 9.17) is 0 Å². The van der Waals surface area contributed by atoms with Gasteiger partial charge in [-0.2, -0.15) is 0 Å². The van der Waals surface area contributed by atoms with Crippen LogP contribution < -0.4 is 0 Å². The van der Waals surface area contributed by atoms with Crippen molar-refractivity contribution in [3.8, 4) is 11.1 Å². The Hall–Kier alpha value is -2.46. The second kappa shape index (κ2) is 5.54. The zero-order valence-corrected chi connectivity index (χ0v) is 17.3. The van der Waals surface area contributed by atoms with E-state index >= 15 is 0 Å². The summed E-state index contributed by atoms with van der Waals surface area (Å²) in [6.45, 7) is 0. The molecule has 3 heteroatoms. The summed E-state index contributed by atoms with van der Waals surface area (Å²) in [6.07, 6.45) is 0. The van der Waals surface area contributed by atoms with E-state index in [1.54, 1.807) is 0 Å². The first-order valence-electron chi connectivity index (χ1n) is 9.40. The summed E-state index contributed by atoms with van der Waals surface area (Å²) in [7, 11) is 0. The minimum atomic E-state index is 0.372. The Labute approximate surface area is 174 Å². The summed E-state index contributed by atoms with van der Waals surface area (Å²) in [6, 6.07) is 29.0. The van der Waals surface area contributed by atoms with Crippen LogP contribution in [0.5, 0.6) is 0 Å². The van der Waals surface area contributed by atoms with E-state index in [2.05, 4.69) is 78.9 Å². The smallest absolute Gasteiger partial charge is 0.0635 e. The fraction of sp³-hybridized carbons (Fsp3) is 0.0400. The highest BCUT2D eigenvalue weighted by atomic mass is 32.1. The molecule has 7 rings (SSSR count). The van der Waals surface area contributed by atoms with Crippen molar-refractivity contribution in [3.05, 3.63) is 93.5 Å². The van der Waals surface area contributed by atoms with Gasteiger partial charge in [-0.05, 0) is 29.7 Å². The van der Waals surface area contributed by atoms with Crippen molar-refractivity contribution in [1.29, 1.82) is 0 Å². The Morgan fingerprint density at radius 3 is 1.68 bits per heavy atom. The first-order chi connectivity index (χ1) is 13.9. The highest BCUT2D eigenvalue weighted by molar-refractivity contribution is 7.23. The van der Waals surface area contributed by atoms with Gasteiger partial charge in [-0.3, -0.25) is 0 Å². The molecule has 0 aliphatic heterocycles. The molecule has 0 amide bonds. The van der Waals surface area contributed by atoms with Gasteiger partial charge >= 0.3 is 0 Å². The van der Waals surface area contributed by atoms with Crippen LogP contribution in [0.3, 0.4) is 0 Å². The van der Waals surface area contributed by atoms with Crippen molar-refractivity contribution in [3.63, 3.8) is 0 Å². The molecule has 0 bridgehead atoms. The molecule has 0 nitrogen and oxygen atoms in total. The molecule has 0 atom stereocenters. The topological polar surface area (TPSA) is 0 Å². The van der Waals surface area contributed by atoms with Crippen molar-refractivity contribution in [2.75, 3.05) is 0 Å². The van der Waals surface area contributed by atoms with Crippen LogP contribution in [0.1, 0.15) is 20.5 Å². The van der Waals surface area contributed by atoms with Crippen LogP contribution in [-0.4, -0.2) is 0 Å². The molecular formula is C25H14S3. The monoisotopic (exact) mass is 410 g/mol. The zero-order valence-electron chi connectivity index (χ0n) is 14.8. The molecule has 3 aromatic carbocycles. The van der Waals surface area contributed by atoms with E-state index < -0.39 is 0 Å². The second-order valence-electron chi connectivity index (χ2n) is 7.29. The third kappa shape index (κ3) is 1.94. The van der Waals surface area contributed by atoms with Gasteiger partial charge in [0.05, 0.1) is 5.92 Å². The lowest BCUT2D eigenvalue weighted by atomic mass is 10.0. The van der Waals surface area contributed by atoms with Crippen LogP contribution in [0.15, 0.2) is 78.9 Å². The van der Waals surface area contributed by atoms with E-state index in [9.17, 15) is 0 Å². The lowest BCUT2D eigenvalue weighted by Gasteiger charge is -2.07. The Morgan fingerprint density at radius 2 is 1.07 bits per heavy atom. The lowest BCUT2D eigenvalue weighted by Crippen LogP contribution is -1.91. The van der Waals surface area contributed by atoms with E-state index in [1.807, 2.05) is 34.0 Å². The van der Waals surface area contributed by atoms with E-state index in [1.165, 1.54) is 56.0 Å². The Bertz CT molecular complexity index is 1410. The van der Waals surface area contributed by atoms with Gasteiger partial charge < -0.3 is 0 Å². The maximum atomic E-state index is 2.42. The van der Waals surface area contributed by atoms with Crippen LogP contribution in [0, 0.1) is 0 Å². The van der Waals surface area contributed by atoms with Crippen molar-refractivity contribution < 1.29 is 0 Å². The highest BCUT2D eigenvalue weighted by Crippen LogP contribution is 2.60. The summed E-state index contributed by atoms with van der Waals surface area (Å²) in [5.74, 6) is 0.372. The Balaban J connectivity index is 1.62. The molecule has 1 aliphatic rings. The minimum Gasteiger partial charge on any atom is -0.139 e. The number of thiophene rings is 3. The van der Waals surface area contributed by atoms with Crippen LogP contribution in [0.2, 0.25) is 0 Å². The largest absolute Gasteiger partial charge is 0.139 e. The Kier molecular flexibility index (Phi) is 3.06. The molecule has 6 aromatic rings. The predicted molar refractivity (Wildman–Crippen MR) is 125 cm³/mol. The molecule has 28 heavy (non-hydrogen) atoms. The van der Waals surface area contributed by atoms with Crippen molar-refractivity contribution in [2.24, 2.45) is 0 Å². The molecule has 132 valence electrons. The summed E-state index contributed by atoms with van der Waals surface area (Å²) in [5, 5.41) is 4.19. The average molecular weight is 411 g/mol. The number of hydrogen-bond donors (Lipinski definition) is 0. The van der Waals surface area contributed by atoms with Gasteiger partial charge in [0.2, 0.25) is 0 Å². The van der Waals surface area contributed by atoms with Gasteiger partial charge in [-0.25, -0.2) is 0 Å². The normalized spacial score (nSPS) is 13.6. The second-order valence-corrected chi connectivity index (χ2v) is 10.6. The van der Waals surface area contributed by atoms with E-state index in [0.29, 0.717) is 5.92 Å². The third-order valence-corrected chi connectivity index (χ3v) is 9.40. The van der Waals surface area contributed by atoms with Crippen molar-refractivity contribution in [1.82, 2.24) is 0 Å².